The van der Waals surface area contributed by atoms with E-state index in [4.69, 9.17) is 11.6 Å². The summed E-state index contributed by atoms with van der Waals surface area (Å²) in [7, 11) is 0. The van der Waals surface area contributed by atoms with E-state index in [9.17, 15) is 22.8 Å². The second-order valence-electron chi connectivity index (χ2n) is 2.70. The zero-order chi connectivity index (χ0) is 12.3. The number of carbonyl (C=O) groups excluding carboxylic acids is 2. The van der Waals surface area contributed by atoms with E-state index >= 15 is 0 Å². The molecule has 0 N–H and O–H groups in total. The monoisotopic (exact) mass is 252 g/mol. The first-order chi connectivity index (χ1) is 7.37. The fourth-order valence-electron chi connectivity index (χ4n) is 1.00. The molecule has 86 valence electrons. The summed E-state index contributed by atoms with van der Waals surface area (Å²) in [5.74, 6) is -0.794. The van der Waals surface area contributed by atoms with Crippen molar-refractivity contribution >= 4 is 24.2 Å². The van der Waals surface area contributed by atoms with E-state index < -0.39 is 17.7 Å². The van der Waals surface area contributed by atoms with Crippen LogP contribution in [0.2, 0.25) is 5.02 Å². The molecule has 0 unspecified atom stereocenters. The summed E-state index contributed by atoms with van der Waals surface area (Å²) in [5.41, 5.74) is -0.570. The molecule has 1 aromatic rings. The van der Waals surface area contributed by atoms with Crippen molar-refractivity contribution in [3.63, 3.8) is 0 Å². The van der Waals surface area contributed by atoms with Crippen molar-refractivity contribution in [2.75, 3.05) is 0 Å². The van der Waals surface area contributed by atoms with Crippen LogP contribution < -0.4 is 4.74 Å². The highest BCUT2D eigenvalue weighted by Gasteiger charge is 2.32. The van der Waals surface area contributed by atoms with Gasteiger partial charge >= 0.3 is 6.36 Å². The number of alkyl halides is 3. The van der Waals surface area contributed by atoms with Gasteiger partial charge in [-0.1, -0.05) is 11.6 Å². The number of hydrogen-bond donors (Lipinski definition) is 0. The number of hydrogen-bond acceptors (Lipinski definition) is 3. The normalized spacial score (nSPS) is 11.0. The van der Waals surface area contributed by atoms with Crippen molar-refractivity contribution in [3.05, 3.63) is 28.3 Å². The SMILES string of the molecule is O=Cc1cc(Cl)c(C=O)c(OC(F)(F)F)c1. The second-order valence-corrected chi connectivity index (χ2v) is 3.11. The maximum absolute atomic E-state index is 12.0. The number of benzene rings is 1. The lowest BCUT2D eigenvalue weighted by molar-refractivity contribution is -0.274. The van der Waals surface area contributed by atoms with Gasteiger partial charge in [0.25, 0.3) is 0 Å². The molecule has 0 amide bonds. The fraction of sp³-hybridized carbons (Fsp3) is 0.111. The Morgan fingerprint density at radius 3 is 2.25 bits per heavy atom. The summed E-state index contributed by atoms with van der Waals surface area (Å²) < 4.78 is 39.4. The molecule has 1 rings (SSSR count). The first-order valence-electron chi connectivity index (χ1n) is 3.87. The van der Waals surface area contributed by atoms with E-state index in [1.54, 1.807) is 0 Å². The third-order valence-electron chi connectivity index (χ3n) is 1.59. The van der Waals surface area contributed by atoms with Crippen LogP contribution in [0.3, 0.4) is 0 Å². The number of aldehydes is 2. The molecule has 0 fully saturated rings. The van der Waals surface area contributed by atoms with E-state index in [0.717, 1.165) is 12.1 Å². The van der Waals surface area contributed by atoms with Gasteiger partial charge in [-0.25, -0.2) is 0 Å². The molecule has 0 aliphatic heterocycles. The van der Waals surface area contributed by atoms with Gasteiger partial charge in [0.15, 0.2) is 6.29 Å². The van der Waals surface area contributed by atoms with Crippen LogP contribution in [0.25, 0.3) is 0 Å². The molecule has 0 saturated carbocycles. The highest BCUT2D eigenvalue weighted by molar-refractivity contribution is 6.33. The van der Waals surface area contributed by atoms with E-state index in [2.05, 4.69) is 4.74 Å². The molecule has 1 aromatic carbocycles. The zero-order valence-electron chi connectivity index (χ0n) is 7.55. The standard InChI is InChI=1S/C9H4ClF3O3/c10-7-1-5(3-14)2-8(6(7)4-15)16-9(11,12)13/h1-4H. The van der Waals surface area contributed by atoms with Gasteiger partial charge < -0.3 is 4.74 Å². The minimum absolute atomic E-state index is 0.116. The minimum Gasteiger partial charge on any atom is -0.405 e. The molecule has 0 atom stereocenters. The molecular weight excluding hydrogens is 249 g/mol. The van der Waals surface area contributed by atoms with Crippen LogP contribution in [-0.2, 0) is 0 Å². The fourth-order valence-corrected chi connectivity index (χ4v) is 1.27. The van der Waals surface area contributed by atoms with Crippen LogP contribution in [0.15, 0.2) is 12.1 Å². The van der Waals surface area contributed by atoms with Gasteiger partial charge in [-0.05, 0) is 12.1 Å². The summed E-state index contributed by atoms with van der Waals surface area (Å²) in [6, 6.07) is 1.86. The average molecular weight is 253 g/mol. The third-order valence-corrected chi connectivity index (χ3v) is 1.91. The Kier molecular flexibility index (Phi) is 3.54. The molecule has 16 heavy (non-hydrogen) atoms. The summed E-state index contributed by atoms with van der Waals surface area (Å²) >= 11 is 5.50. The Morgan fingerprint density at radius 1 is 1.19 bits per heavy atom. The molecule has 7 heteroatoms. The molecule has 0 saturated heterocycles. The molecule has 0 spiro atoms. The highest BCUT2D eigenvalue weighted by atomic mass is 35.5. The van der Waals surface area contributed by atoms with Crippen molar-refractivity contribution in [1.29, 1.82) is 0 Å². The Morgan fingerprint density at radius 2 is 1.81 bits per heavy atom. The van der Waals surface area contributed by atoms with Crippen LogP contribution in [-0.4, -0.2) is 18.9 Å². The Hall–Kier alpha value is -1.56. The second kappa shape index (κ2) is 4.52. The molecule has 0 aliphatic carbocycles. The molecule has 0 bridgehead atoms. The molecular formula is C9H4ClF3O3. The van der Waals surface area contributed by atoms with Crippen molar-refractivity contribution in [1.82, 2.24) is 0 Å². The van der Waals surface area contributed by atoms with Crippen LogP contribution in [0.5, 0.6) is 5.75 Å². The number of rotatable bonds is 3. The predicted octanol–water partition coefficient (Wildman–Crippen LogP) is 2.86. The van der Waals surface area contributed by atoms with Crippen LogP contribution in [0.4, 0.5) is 13.2 Å². The first-order valence-corrected chi connectivity index (χ1v) is 4.25. The average Bonchev–Trinajstić information content (AvgIpc) is 2.14. The third kappa shape index (κ3) is 2.96. The van der Waals surface area contributed by atoms with Crippen molar-refractivity contribution < 1.29 is 27.5 Å². The largest absolute Gasteiger partial charge is 0.573 e. The maximum Gasteiger partial charge on any atom is 0.573 e. The van der Waals surface area contributed by atoms with E-state index in [0.29, 0.717) is 6.29 Å². The van der Waals surface area contributed by atoms with Crippen molar-refractivity contribution in [2.45, 2.75) is 6.36 Å². The molecule has 3 nitrogen and oxygen atoms in total. The Labute approximate surface area is 92.8 Å². The van der Waals surface area contributed by atoms with Gasteiger partial charge in [0, 0.05) is 5.56 Å². The molecule has 0 radical (unpaired) electrons. The quantitative estimate of drug-likeness (QED) is 0.777. The van der Waals surface area contributed by atoms with Gasteiger partial charge in [-0.15, -0.1) is 13.2 Å². The highest BCUT2D eigenvalue weighted by Crippen LogP contribution is 2.31. The Balaban J connectivity index is 3.28. The van der Waals surface area contributed by atoms with Crippen LogP contribution >= 0.6 is 11.6 Å². The van der Waals surface area contributed by atoms with E-state index in [1.807, 2.05) is 0 Å². The topological polar surface area (TPSA) is 43.4 Å². The van der Waals surface area contributed by atoms with Gasteiger partial charge in [0.2, 0.25) is 0 Å². The van der Waals surface area contributed by atoms with Crippen LogP contribution in [0, 0.1) is 0 Å². The number of halogens is 4. The van der Waals surface area contributed by atoms with Crippen molar-refractivity contribution in [2.24, 2.45) is 0 Å². The summed E-state index contributed by atoms with van der Waals surface area (Å²) in [6.07, 6.45) is -4.54. The van der Waals surface area contributed by atoms with Gasteiger partial charge in [-0.2, -0.15) is 0 Å². The van der Waals surface area contributed by atoms with Crippen LogP contribution in [0.1, 0.15) is 20.7 Å². The molecule has 0 aliphatic rings. The zero-order valence-corrected chi connectivity index (χ0v) is 8.30. The van der Waals surface area contributed by atoms with E-state index in [1.165, 1.54) is 0 Å². The van der Waals surface area contributed by atoms with Gasteiger partial charge in [-0.3, -0.25) is 9.59 Å². The van der Waals surface area contributed by atoms with Gasteiger partial charge in [0.05, 0.1) is 10.6 Å². The minimum atomic E-state index is -4.96. The molecule has 0 aromatic heterocycles. The number of carbonyl (C=O) groups is 2. The van der Waals surface area contributed by atoms with Gasteiger partial charge in [0.1, 0.15) is 12.0 Å². The van der Waals surface area contributed by atoms with E-state index in [-0.39, 0.29) is 16.9 Å². The predicted molar refractivity (Wildman–Crippen MR) is 48.9 cm³/mol. The Bertz CT molecular complexity index is 429. The summed E-state index contributed by atoms with van der Waals surface area (Å²) in [4.78, 5) is 20.9. The first kappa shape index (κ1) is 12.5. The molecule has 0 heterocycles. The lowest BCUT2D eigenvalue weighted by Gasteiger charge is -2.11. The van der Waals surface area contributed by atoms with Crippen molar-refractivity contribution in [3.8, 4) is 5.75 Å². The summed E-state index contributed by atoms with van der Waals surface area (Å²) in [5, 5.41) is -0.279. The maximum atomic E-state index is 12.0. The number of ether oxygens (including phenoxy) is 1. The lowest BCUT2D eigenvalue weighted by atomic mass is 10.1. The lowest BCUT2D eigenvalue weighted by Crippen LogP contribution is -2.18. The summed E-state index contributed by atoms with van der Waals surface area (Å²) in [6.45, 7) is 0. The smallest absolute Gasteiger partial charge is 0.405 e.